The molecule has 0 unspecified atom stereocenters. The van der Waals surface area contributed by atoms with Crippen molar-refractivity contribution < 1.29 is 43.3 Å². The van der Waals surface area contributed by atoms with Crippen LogP contribution in [0.15, 0.2) is 65.7 Å². The number of amides is 4. The average molecular weight is 940 g/mol. The molecule has 0 bridgehead atoms. The van der Waals surface area contributed by atoms with Gasteiger partial charge in [0.1, 0.15) is 18.2 Å². The minimum atomic E-state index is -1.30. The molecule has 0 aromatic heterocycles. The van der Waals surface area contributed by atoms with E-state index >= 15 is 0 Å². The lowest BCUT2D eigenvalue weighted by atomic mass is 9.42. The molecule has 2 saturated heterocycles. The van der Waals surface area contributed by atoms with Crippen molar-refractivity contribution in [1.82, 2.24) is 21.3 Å². The van der Waals surface area contributed by atoms with Gasteiger partial charge in [-0.1, -0.05) is 74.5 Å². The normalized spacial score (nSPS) is 33.8. The maximum atomic E-state index is 14.8. The van der Waals surface area contributed by atoms with Crippen molar-refractivity contribution in [1.29, 1.82) is 0 Å². The van der Waals surface area contributed by atoms with Crippen LogP contribution in [-0.4, -0.2) is 91.0 Å². The van der Waals surface area contributed by atoms with Gasteiger partial charge in [0, 0.05) is 38.0 Å². The Hall–Kier alpha value is -5.06. The molecule has 1 spiro atoms. The number of carbonyl (C=O) groups excluding carboxylic acids is 4. The van der Waals surface area contributed by atoms with Gasteiger partial charge in [0.2, 0.25) is 23.6 Å². The molecule has 8 rings (SSSR count). The van der Waals surface area contributed by atoms with Crippen LogP contribution in [0.1, 0.15) is 121 Å². The summed E-state index contributed by atoms with van der Waals surface area (Å²) < 4.78 is 19.5. The summed E-state index contributed by atoms with van der Waals surface area (Å²) in [7, 11) is 1.84. The highest BCUT2D eigenvalue weighted by atomic mass is 16.7. The van der Waals surface area contributed by atoms with Crippen molar-refractivity contribution in [3.63, 3.8) is 0 Å². The Labute approximate surface area is 400 Å². The largest absolute Gasteiger partial charge is 0.481 e. The standard InChI is InChI=1S/C52H73N7O9/c1-50-22-19-34(66-3)26-33(50)17-18-35-38(50)20-23-51(2)39(35)28-42(68-52(51)21-11-25-67-52)48(65)57-40(16-10-24-55-49(53)54)47(64)59-44(32-14-8-5-9-15-32)36-27-37(36)45(62)58-41(29-43(60)61)46(63)56-30-31-12-6-4-7-13-31/h4-9,12-15,33-42,44H,10-11,16-30H2,1-3H3,(H,56,63)(H,57,65)(H,58,62)(H,59,64)(H,60,61)(H4,53,54,55)/t33-,34-,35-,36+,37+,38-,39-,40-,41-,42+,44-,50-,51-,52+/m0/s1. The molecule has 68 heavy (non-hydrogen) atoms. The smallest absolute Gasteiger partial charge is 0.305 e. The van der Waals surface area contributed by atoms with Crippen LogP contribution >= 0.6 is 0 Å². The summed E-state index contributed by atoms with van der Waals surface area (Å²) in [6.07, 6.45) is 9.64. The molecule has 4 saturated carbocycles. The van der Waals surface area contributed by atoms with Gasteiger partial charge in [-0.25, -0.2) is 0 Å². The number of carbonyl (C=O) groups is 5. The van der Waals surface area contributed by atoms with Gasteiger partial charge < -0.3 is 52.1 Å². The molecule has 2 aliphatic heterocycles. The Balaban J connectivity index is 0.985. The van der Waals surface area contributed by atoms with E-state index in [1.54, 1.807) is 0 Å². The van der Waals surface area contributed by atoms with E-state index in [4.69, 9.17) is 25.7 Å². The van der Waals surface area contributed by atoms with Crippen molar-refractivity contribution in [2.75, 3.05) is 20.3 Å². The molecule has 9 N–H and O–H groups in total. The Morgan fingerprint density at radius 3 is 2.26 bits per heavy atom. The van der Waals surface area contributed by atoms with E-state index in [0.29, 0.717) is 56.1 Å². The van der Waals surface area contributed by atoms with Gasteiger partial charge in [-0.05, 0) is 123 Å². The predicted octanol–water partition coefficient (Wildman–Crippen LogP) is 4.85. The Bertz CT molecular complexity index is 2150. The topological polar surface area (TPSA) is 246 Å². The van der Waals surface area contributed by atoms with Crippen molar-refractivity contribution in [3.8, 4) is 0 Å². The first-order chi connectivity index (χ1) is 32.6. The number of aliphatic imine (C=N–C) groups is 1. The minimum Gasteiger partial charge on any atom is -0.481 e. The van der Waals surface area contributed by atoms with Crippen molar-refractivity contribution in [2.45, 2.75) is 146 Å². The Morgan fingerprint density at radius 2 is 1.57 bits per heavy atom. The highest BCUT2D eigenvalue weighted by Crippen LogP contribution is 2.68. The number of rotatable bonds is 18. The average Bonchev–Trinajstić information content (AvgIpc) is 3.99. The van der Waals surface area contributed by atoms with Crippen molar-refractivity contribution in [2.24, 2.45) is 62.8 Å². The second-order valence-corrected chi connectivity index (χ2v) is 21.1. The maximum absolute atomic E-state index is 14.8. The van der Waals surface area contributed by atoms with E-state index in [1.165, 1.54) is 0 Å². The summed E-state index contributed by atoms with van der Waals surface area (Å²) in [6, 6.07) is 15.6. The fraction of sp³-hybridized carbons (Fsp3) is 0.654. The van der Waals surface area contributed by atoms with Crippen LogP contribution in [-0.2, 0) is 44.7 Å². The van der Waals surface area contributed by atoms with Gasteiger partial charge in [0.25, 0.3) is 0 Å². The Morgan fingerprint density at radius 1 is 0.838 bits per heavy atom. The van der Waals surface area contributed by atoms with Crippen LogP contribution in [0.3, 0.4) is 0 Å². The van der Waals surface area contributed by atoms with Gasteiger partial charge >= 0.3 is 5.97 Å². The molecule has 14 atom stereocenters. The fourth-order valence-corrected chi connectivity index (χ4v) is 13.5. The lowest BCUT2D eigenvalue weighted by Crippen LogP contribution is -2.66. The fourth-order valence-electron chi connectivity index (χ4n) is 13.5. The number of methoxy groups -OCH3 is 1. The molecule has 4 aliphatic carbocycles. The maximum Gasteiger partial charge on any atom is 0.305 e. The number of carboxylic acids is 1. The molecule has 6 fully saturated rings. The number of carboxylic acid groups (broad SMARTS) is 1. The first-order valence-electron chi connectivity index (χ1n) is 25.0. The van der Waals surface area contributed by atoms with E-state index in [2.05, 4.69) is 40.1 Å². The lowest BCUT2D eigenvalue weighted by Gasteiger charge is -2.66. The number of benzene rings is 2. The summed E-state index contributed by atoms with van der Waals surface area (Å²) in [6.45, 7) is 5.84. The van der Waals surface area contributed by atoms with Gasteiger partial charge in [-0.2, -0.15) is 0 Å². The van der Waals surface area contributed by atoms with Crippen LogP contribution in [0.4, 0.5) is 0 Å². The summed E-state index contributed by atoms with van der Waals surface area (Å²) in [5.74, 6) is -3.31. The zero-order valence-corrected chi connectivity index (χ0v) is 40.0. The predicted molar refractivity (Wildman–Crippen MR) is 254 cm³/mol. The summed E-state index contributed by atoms with van der Waals surface area (Å²) in [5.41, 5.74) is 12.8. The third kappa shape index (κ3) is 10.4. The van der Waals surface area contributed by atoms with E-state index in [9.17, 15) is 29.1 Å². The molecule has 16 heteroatoms. The van der Waals surface area contributed by atoms with Crippen molar-refractivity contribution in [3.05, 3.63) is 71.8 Å². The molecular weight excluding hydrogens is 867 g/mol. The Kier molecular flexibility index (Phi) is 15.2. The molecule has 4 amide bonds. The van der Waals surface area contributed by atoms with E-state index < -0.39 is 66.0 Å². The molecule has 6 aliphatic rings. The van der Waals surface area contributed by atoms with Crippen molar-refractivity contribution >= 4 is 35.6 Å². The number of guanidine groups is 1. The first-order valence-corrected chi connectivity index (χ1v) is 25.0. The first kappa shape index (κ1) is 49.4. The number of nitrogens with one attached hydrogen (secondary N) is 4. The minimum absolute atomic E-state index is 0.0718. The lowest BCUT2D eigenvalue weighted by molar-refractivity contribution is -0.348. The number of nitrogens with two attached hydrogens (primary N) is 2. The van der Waals surface area contributed by atoms with Crippen LogP contribution in [0, 0.1) is 46.3 Å². The van der Waals surface area contributed by atoms with E-state index in [0.717, 1.165) is 62.5 Å². The molecule has 16 nitrogen and oxygen atoms in total. The molecule has 2 aromatic rings. The quantitative estimate of drug-likeness (QED) is 0.0605. The molecular formula is C52H73N7O9. The number of aliphatic carboxylic acids is 1. The number of hydrogen-bond donors (Lipinski definition) is 7. The number of nitrogens with zero attached hydrogens (tertiary/aromatic N) is 1. The van der Waals surface area contributed by atoms with Gasteiger partial charge in [0.15, 0.2) is 11.7 Å². The molecule has 2 heterocycles. The zero-order valence-electron chi connectivity index (χ0n) is 40.0. The number of hydrogen-bond acceptors (Lipinski definition) is 9. The van der Waals surface area contributed by atoms with Crippen LogP contribution in [0.25, 0.3) is 0 Å². The molecule has 370 valence electrons. The van der Waals surface area contributed by atoms with Gasteiger partial charge in [-0.3, -0.25) is 29.0 Å². The van der Waals surface area contributed by atoms with E-state index in [-0.39, 0.29) is 54.0 Å². The highest BCUT2D eigenvalue weighted by Gasteiger charge is 2.67. The second kappa shape index (κ2) is 20.9. The third-order valence-corrected chi connectivity index (χ3v) is 17.2. The number of fused-ring (bicyclic) bond motifs is 6. The highest BCUT2D eigenvalue weighted by molar-refractivity contribution is 5.93. The number of ether oxygens (including phenoxy) is 3. The molecule has 2 aromatic carbocycles. The van der Waals surface area contributed by atoms with E-state index in [1.807, 2.05) is 67.8 Å². The zero-order chi connectivity index (χ0) is 48.2. The molecule has 0 radical (unpaired) electrons. The summed E-state index contributed by atoms with van der Waals surface area (Å²) in [4.78, 5) is 72.5. The summed E-state index contributed by atoms with van der Waals surface area (Å²) in [5, 5.41) is 21.4. The van der Waals surface area contributed by atoms with Crippen LogP contribution < -0.4 is 32.7 Å². The third-order valence-electron chi connectivity index (χ3n) is 17.2. The summed E-state index contributed by atoms with van der Waals surface area (Å²) >= 11 is 0. The monoisotopic (exact) mass is 940 g/mol. The van der Waals surface area contributed by atoms with Gasteiger partial charge in [0.05, 0.1) is 25.2 Å². The van der Waals surface area contributed by atoms with Gasteiger partial charge in [-0.15, -0.1) is 0 Å². The SMILES string of the molecule is CO[C@H]1CC[C@@]2(C)[C@@H](CC[C@H]3[C@@H]2CC[C@@]2(C)[C@H]3C[C@H](C(=O)N[C@@H](CCCN=C(N)N)C(=O)N[C@@H](c3ccccc3)[C@@H]3C[C@H]3C(=O)N[C@@H](CC(=O)O)C(=O)NCc3ccccc3)O[C@]23CCCO3)C1. The second-order valence-electron chi connectivity index (χ2n) is 21.1. The van der Waals surface area contributed by atoms with Crippen LogP contribution in [0.2, 0.25) is 0 Å². The van der Waals surface area contributed by atoms with Crippen LogP contribution in [0.5, 0.6) is 0 Å².